The van der Waals surface area contributed by atoms with Gasteiger partial charge in [0.15, 0.2) is 0 Å². The minimum Gasteiger partial charge on any atom is -0.492 e. The van der Waals surface area contributed by atoms with Crippen LogP contribution in [0.1, 0.15) is 11.5 Å². The van der Waals surface area contributed by atoms with Gasteiger partial charge in [-0.25, -0.2) is 4.79 Å². The number of carbonyl (C=O) groups is 1. The number of halogens is 3. The van der Waals surface area contributed by atoms with Crippen molar-refractivity contribution in [1.29, 1.82) is 0 Å². The number of hydrogen-bond acceptors (Lipinski definition) is 2. The molecule has 1 aliphatic carbocycles. The molecule has 2 N–H and O–H groups in total. The maximum Gasteiger partial charge on any atom is 0.409 e. The maximum absolute atomic E-state index is 10.6. The zero-order valence-corrected chi connectivity index (χ0v) is 14.6. The molecular weight excluding hydrogens is 373 g/mol. The fraction of sp³-hybridized carbons (Fsp3) is 0.235. The van der Waals surface area contributed by atoms with Crippen LogP contribution in [0.15, 0.2) is 48.5 Å². The zero-order valence-electron chi connectivity index (χ0n) is 12.4. The van der Waals surface area contributed by atoms with Crippen LogP contribution in [0.5, 0.6) is 5.75 Å². The lowest BCUT2D eigenvalue weighted by atomic mass is 10.1. The van der Waals surface area contributed by atoms with E-state index in [9.17, 15) is 4.79 Å². The number of alkyl halides is 2. The van der Waals surface area contributed by atoms with Crippen LogP contribution in [0.25, 0.3) is 0 Å². The van der Waals surface area contributed by atoms with Gasteiger partial charge in [-0.3, -0.25) is 5.32 Å². The summed E-state index contributed by atoms with van der Waals surface area (Å²) in [5.41, 5.74) is 1.45. The highest BCUT2D eigenvalue weighted by molar-refractivity contribution is 6.52. The third kappa shape index (κ3) is 3.56. The minimum atomic E-state index is -1.16. The smallest absolute Gasteiger partial charge is 0.409 e. The Kier molecular flexibility index (Phi) is 4.81. The average molecular weight is 387 g/mol. The zero-order chi connectivity index (χ0) is 17.3. The fourth-order valence-corrected chi connectivity index (χ4v) is 3.75. The summed E-state index contributed by atoms with van der Waals surface area (Å²) in [6.07, 6.45) is -1.16. The number of rotatable bonds is 5. The average Bonchev–Trinajstić information content (AvgIpc) is 3.08. The first kappa shape index (κ1) is 17.2. The second kappa shape index (κ2) is 6.71. The predicted molar refractivity (Wildman–Crippen MR) is 95.7 cm³/mol. The van der Waals surface area contributed by atoms with Gasteiger partial charge in [-0.2, -0.15) is 0 Å². The Balaban J connectivity index is 1.65. The summed E-state index contributed by atoms with van der Waals surface area (Å²) in [6.45, 7) is 0.317. The van der Waals surface area contributed by atoms with E-state index in [1.54, 1.807) is 12.1 Å². The highest BCUT2D eigenvalue weighted by Crippen LogP contribution is 2.64. The third-order valence-corrected chi connectivity index (χ3v) is 5.29. The second-order valence-electron chi connectivity index (χ2n) is 5.56. The van der Waals surface area contributed by atoms with Crippen molar-refractivity contribution in [2.75, 3.05) is 11.9 Å². The normalized spacial score (nSPS) is 21.1. The Morgan fingerprint density at radius 2 is 1.92 bits per heavy atom. The van der Waals surface area contributed by atoms with E-state index in [1.807, 2.05) is 30.3 Å². The van der Waals surface area contributed by atoms with Crippen molar-refractivity contribution in [3.63, 3.8) is 0 Å². The van der Waals surface area contributed by atoms with Crippen molar-refractivity contribution >= 4 is 46.6 Å². The molecule has 2 aromatic rings. The first-order valence-corrected chi connectivity index (χ1v) is 8.38. The summed E-state index contributed by atoms with van der Waals surface area (Å²) in [4.78, 5) is 10.6. The number of benzene rings is 2. The van der Waals surface area contributed by atoms with E-state index >= 15 is 0 Å². The molecule has 0 spiro atoms. The van der Waals surface area contributed by atoms with Crippen molar-refractivity contribution in [2.24, 2.45) is 5.92 Å². The van der Waals surface area contributed by atoms with Crippen LogP contribution in [0.4, 0.5) is 10.5 Å². The number of carboxylic acid groups (broad SMARTS) is 1. The summed E-state index contributed by atoms with van der Waals surface area (Å²) in [6, 6.07) is 14.5. The minimum absolute atomic E-state index is 0.00811. The predicted octanol–water partition coefficient (Wildman–Crippen LogP) is 5.40. The number of anilines is 1. The van der Waals surface area contributed by atoms with E-state index < -0.39 is 10.4 Å². The molecule has 2 aromatic carbocycles. The van der Waals surface area contributed by atoms with Crippen molar-refractivity contribution in [1.82, 2.24) is 0 Å². The Morgan fingerprint density at radius 3 is 2.54 bits per heavy atom. The SMILES string of the molecule is O=C(O)Nc1ccc(OCC2C(c3ccccc3)C2(Cl)Cl)c(Cl)c1. The van der Waals surface area contributed by atoms with Crippen LogP contribution in [0.2, 0.25) is 5.02 Å². The van der Waals surface area contributed by atoms with Crippen molar-refractivity contribution < 1.29 is 14.6 Å². The van der Waals surface area contributed by atoms with Gasteiger partial charge >= 0.3 is 6.09 Å². The molecule has 126 valence electrons. The molecule has 0 aromatic heterocycles. The lowest BCUT2D eigenvalue weighted by Gasteiger charge is -2.09. The first-order chi connectivity index (χ1) is 11.4. The van der Waals surface area contributed by atoms with E-state index in [4.69, 9.17) is 44.6 Å². The van der Waals surface area contributed by atoms with Gasteiger partial charge in [0.2, 0.25) is 0 Å². The summed E-state index contributed by atoms with van der Waals surface area (Å²) in [5, 5.41) is 11.2. The van der Waals surface area contributed by atoms with E-state index in [0.717, 1.165) is 5.56 Å². The molecule has 0 radical (unpaired) electrons. The van der Waals surface area contributed by atoms with Crippen LogP contribution >= 0.6 is 34.8 Å². The van der Waals surface area contributed by atoms with E-state index in [-0.39, 0.29) is 11.8 Å². The Labute approximate surface area is 154 Å². The van der Waals surface area contributed by atoms with Crippen LogP contribution in [-0.2, 0) is 0 Å². The van der Waals surface area contributed by atoms with Crippen molar-refractivity contribution in [3.8, 4) is 5.75 Å². The van der Waals surface area contributed by atoms with Crippen molar-refractivity contribution in [3.05, 3.63) is 59.1 Å². The van der Waals surface area contributed by atoms with Gasteiger partial charge in [0.1, 0.15) is 10.1 Å². The van der Waals surface area contributed by atoms with Gasteiger partial charge in [0.25, 0.3) is 0 Å². The number of amides is 1. The molecule has 0 saturated heterocycles. The van der Waals surface area contributed by atoms with Crippen LogP contribution in [0.3, 0.4) is 0 Å². The molecule has 0 aliphatic heterocycles. The topological polar surface area (TPSA) is 58.6 Å². The third-order valence-electron chi connectivity index (χ3n) is 3.96. The molecular formula is C17H14Cl3NO3. The standard InChI is InChI=1S/C17H14Cl3NO3/c18-13-8-11(21-16(22)23)6-7-14(13)24-9-12-15(17(12,19)20)10-4-2-1-3-5-10/h1-8,12,15,21H,9H2,(H,22,23). The monoisotopic (exact) mass is 385 g/mol. The van der Waals surface area contributed by atoms with Crippen LogP contribution < -0.4 is 10.1 Å². The van der Waals surface area contributed by atoms with Gasteiger partial charge in [-0.1, -0.05) is 41.9 Å². The molecule has 3 rings (SSSR count). The lowest BCUT2D eigenvalue weighted by Crippen LogP contribution is -2.08. The number of ether oxygens (including phenoxy) is 1. The van der Waals surface area contributed by atoms with Crippen LogP contribution in [-0.4, -0.2) is 22.1 Å². The highest BCUT2D eigenvalue weighted by atomic mass is 35.5. The second-order valence-corrected chi connectivity index (χ2v) is 7.41. The fourth-order valence-electron chi connectivity index (χ4n) is 2.71. The molecule has 1 saturated carbocycles. The molecule has 2 atom stereocenters. The van der Waals surface area contributed by atoms with Gasteiger partial charge in [0.05, 0.1) is 11.6 Å². The van der Waals surface area contributed by atoms with Gasteiger partial charge in [-0.15, -0.1) is 23.2 Å². The van der Waals surface area contributed by atoms with E-state index in [1.165, 1.54) is 6.07 Å². The summed E-state index contributed by atoms with van der Waals surface area (Å²) in [5.74, 6) is 0.417. The first-order valence-electron chi connectivity index (χ1n) is 7.24. The highest BCUT2D eigenvalue weighted by Gasteiger charge is 2.64. The van der Waals surface area contributed by atoms with E-state index in [2.05, 4.69) is 5.32 Å². The molecule has 7 heteroatoms. The Hall–Kier alpha value is -1.62. The largest absolute Gasteiger partial charge is 0.492 e. The molecule has 4 nitrogen and oxygen atoms in total. The number of nitrogens with one attached hydrogen (secondary N) is 1. The number of hydrogen-bond donors (Lipinski definition) is 2. The molecule has 2 unspecified atom stereocenters. The summed E-state index contributed by atoms with van der Waals surface area (Å²) in [7, 11) is 0. The van der Waals surface area contributed by atoms with Gasteiger partial charge in [-0.05, 0) is 23.8 Å². The quantitative estimate of drug-likeness (QED) is 0.677. The summed E-state index contributed by atoms with van der Waals surface area (Å²) < 4.78 is 4.87. The van der Waals surface area contributed by atoms with Gasteiger partial charge < -0.3 is 9.84 Å². The molecule has 1 aliphatic rings. The van der Waals surface area contributed by atoms with Crippen molar-refractivity contribution in [2.45, 2.75) is 10.3 Å². The van der Waals surface area contributed by atoms with E-state index in [0.29, 0.717) is 23.1 Å². The molecule has 0 heterocycles. The van der Waals surface area contributed by atoms with Gasteiger partial charge in [0, 0.05) is 17.5 Å². The maximum atomic E-state index is 10.6. The Morgan fingerprint density at radius 1 is 1.21 bits per heavy atom. The summed E-state index contributed by atoms with van der Waals surface area (Å²) >= 11 is 18.9. The Bertz CT molecular complexity index is 752. The molecule has 1 amide bonds. The van der Waals surface area contributed by atoms with Crippen LogP contribution in [0, 0.1) is 5.92 Å². The molecule has 24 heavy (non-hydrogen) atoms. The lowest BCUT2D eigenvalue weighted by molar-refractivity contribution is 0.209. The molecule has 0 bridgehead atoms. The molecule has 1 fully saturated rings.